The summed E-state index contributed by atoms with van der Waals surface area (Å²) in [4.78, 5) is 4.66. The van der Waals surface area contributed by atoms with E-state index in [9.17, 15) is 5.11 Å². The summed E-state index contributed by atoms with van der Waals surface area (Å²) in [5, 5.41) is 16.9. The molecular weight excluding hydrogens is 302 g/mol. The maximum Gasteiger partial charge on any atom is 0.191 e. The molecule has 0 amide bonds. The molecule has 0 spiro atoms. The summed E-state index contributed by atoms with van der Waals surface area (Å²) in [6, 6.07) is 5.93. The molecule has 0 radical (unpaired) electrons. The van der Waals surface area contributed by atoms with E-state index in [1.165, 1.54) is 25.7 Å². The summed E-state index contributed by atoms with van der Waals surface area (Å²) in [6.07, 6.45) is 5.71. The number of nitrogens with one attached hydrogen (secondary N) is 2. The third-order valence-electron chi connectivity index (χ3n) is 4.64. The van der Waals surface area contributed by atoms with Crippen LogP contribution in [0.1, 0.15) is 45.1 Å². The van der Waals surface area contributed by atoms with E-state index in [0.717, 1.165) is 24.0 Å². The van der Waals surface area contributed by atoms with Crippen LogP contribution in [0.25, 0.3) is 0 Å². The minimum atomic E-state index is 0.267. The number of nitrogens with zero attached hydrogens (tertiary/aromatic N) is 1. The molecule has 0 saturated heterocycles. The number of aliphatic imine (C=N–C) groups is 1. The van der Waals surface area contributed by atoms with Crippen LogP contribution in [0, 0.1) is 5.92 Å². The maximum absolute atomic E-state index is 10.0. The minimum absolute atomic E-state index is 0.267. The average molecular weight is 333 g/mol. The molecule has 1 aromatic carbocycles. The summed E-state index contributed by atoms with van der Waals surface area (Å²) >= 11 is 0. The molecule has 1 saturated carbocycles. The van der Waals surface area contributed by atoms with Gasteiger partial charge in [0, 0.05) is 25.2 Å². The van der Waals surface area contributed by atoms with Gasteiger partial charge in [-0.3, -0.25) is 4.99 Å². The van der Waals surface area contributed by atoms with Crippen molar-refractivity contribution in [3.8, 4) is 11.5 Å². The Morgan fingerprint density at radius 1 is 1.29 bits per heavy atom. The van der Waals surface area contributed by atoms with E-state index in [1.54, 1.807) is 13.2 Å². The number of hydrogen-bond acceptors (Lipinski definition) is 3. The first-order chi connectivity index (χ1) is 11.6. The summed E-state index contributed by atoms with van der Waals surface area (Å²) in [6.45, 7) is 5.90. The fourth-order valence-corrected chi connectivity index (χ4v) is 3.09. The van der Waals surface area contributed by atoms with Crippen molar-refractivity contribution in [1.82, 2.24) is 10.6 Å². The highest BCUT2D eigenvalue weighted by Crippen LogP contribution is 2.24. The van der Waals surface area contributed by atoms with Crippen LogP contribution in [0.4, 0.5) is 0 Å². The predicted octanol–water partition coefficient (Wildman–Crippen LogP) is 3.08. The fourth-order valence-electron chi connectivity index (χ4n) is 3.09. The average Bonchev–Trinajstić information content (AvgIpc) is 2.58. The summed E-state index contributed by atoms with van der Waals surface area (Å²) in [7, 11) is 1.60. The maximum atomic E-state index is 10.0. The fraction of sp³-hybridized carbons (Fsp3) is 0.632. The molecule has 0 bridgehead atoms. The number of rotatable bonds is 6. The van der Waals surface area contributed by atoms with Crippen molar-refractivity contribution in [2.75, 3.05) is 20.2 Å². The van der Waals surface area contributed by atoms with Gasteiger partial charge < -0.3 is 20.5 Å². The molecule has 0 unspecified atom stereocenters. The first kappa shape index (κ1) is 18.4. The molecule has 0 aromatic heterocycles. The van der Waals surface area contributed by atoms with Crippen molar-refractivity contribution in [2.24, 2.45) is 10.9 Å². The van der Waals surface area contributed by atoms with Crippen LogP contribution in [0.2, 0.25) is 0 Å². The Labute approximate surface area is 145 Å². The third kappa shape index (κ3) is 5.62. The topological polar surface area (TPSA) is 65.9 Å². The van der Waals surface area contributed by atoms with Crippen LogP contribution < -0.4 is 15.4 Å². The molecule has 1 aromatic rings. The van der Waals surface area contributed by atoms with Crippen LogP contribution >= 0.6 is 0 Å². The minimum Gasteiger partial charge on any atom is -0.508 e. The van der Waals surface area contributed by atoms with Gasteiger partial charge in [-0.05, 0) is 56.6 Å². The largest absolute Gasteiger partial charge is 0.508 e. The monoisotopic (exact) mass is 333 g/mol. The number of guanidine groups is 1. The van der Waals surface area contributed by atoms with Gasteiger partial charge in [-0.25, -0.2) is 0 Å². The van der Waals surface area contributed by atoms with Crippen molar-refractivity contribution >= 4 is 5.96 Å². The Balaban J connectivity index is 1.88. The van der Waals surface area contributed by atoms with Gasteiger partial charge in [0.2, 0.25) is 0 Å². The highest BCUT2D eigenvalue weighted by molar-refractivity contribution is 5.80. The number of aromatic hydroxyl groups is 1. The Morgan fingerprint density at radius 3 is 2.67 bits per heavy atom. The molecule has 1 fully saturated rings. The van der Waals surface area contributed by atoms with Crippen LogP contribution in [0.5, 0.6) is 11.5 Å². The Kier molecular flexibility index (Phi) is 7.22. The molecule has 1 aliphatic rings. The second kappa shape index (κ2) is 9.40. The standard InChI is InChI=1S/C19H31N3O2/c1-4-20-19(22-16-8-5-14(2)6-9-16)21-12-11-15-7-10-17(24-3)13-18(15)23/h7,10,13-14,16,23H,4-6,8-9,11-12H2,1-3H3,(H2,20,21,22). The highest BCUT2D eigenvalue weighted by Gasteiger charge is 2.18. The van der Waals surface area contributed by atoms with E-state index in [0.29, 0.717) is 24.8 Å². The van der Waals surface area contributed by atoms with Gasteiger partial charge in [-0.2, -0.15) is 0 Å². The normalized spacial score (nSPS) is 21.4. The van der Waals surface area contributed by atoms with Gasteiger partial charge in [0.15, 0.2) is 5.96 Å². The van der Waals surface area contributed by atoms with E-state index in [4.69, 9.17) is 4.74 Å². The first-order valence-electron chi connectivity index (χ1n) is 9.03. The Hall–Kier alpha value is -1.91. The SMILES string of the molecule is CCNC(=NCCc1ccc(OC)cc1O)NC1CCC(C)CC1. The molecule has 5 heteroatoms. The van der Waals surface area contributed by atoms with Crippen LogP contribution in [0.15, 0.2) is 23.2 Å². The van der Waals surface area contributed by atoms with Gasteiger partial charge >= 0.3 is 0 Å². The molecule has 0 atom stereocenters. The molecule has 24 heavy (non-hydrogen) atoms. The molecule has 3 N–H and O–H groups in total. The summed E-state index contributed by atoms with van der Waals surface area (Å²) < 4.78 is 5.11. The van der Waals surface area contributed by atoms with E-state index in [-0.39, 0.29) is 5.75 Å². The van der Waals surface area contributed by atoms with Crippen LogP contribution in [0.3, 0.4) is 0 Å². The smallest absolute Gasteiger partial charge is 0.191 e. The lowest BCUT2D eigenvalue weighted by Crippen LogP contribution is -2.44. The zero-order valence-corrected chi connectivity index (χ0v) is 15.1. The Bertz CT molecular complexity index is 537. The predicted molar refractivity (Wildman–Crippen MR) is 98.9 cm³/mol. The molecular formula is C19H31N3O2. The zero-order chi connectivity index (χ0) is 17.4. The number of benzene rings is 1. The lowest BCUT2D eigenvalue weighted by atomic mass is 9.87. The van der Waals surface area contributed by atoms with Gasteiger partial charge in [0.25, 0.3) is 0 Å². The number of phenolic OH excluding ortho intramolecular Hbond substituents is 1. The molecule has 2 rings (SSSR count). The second-order valence-electron chi connectivity index (χ2n) is 6.61. The molecule has 0 heterocycles. The van der Waals surface area contributed by atoms with Crippen molar-refractivity contribution in [3.05, 3.63) is 23.8 Å². The van der Waals surface area contributed by atoms with E-state index in [1.807, 2.05) is 12.1 Å². The van der Waals surface area contributed by atoms with Crippen molar-refractivity contribution in [2.45, 2.75) is 52.0 Å². The summed E-state index contributed by atoms with van der Waals surface area (Å²) in [5.41, 5.74) is 0.891. The molecule has 5 nitrogen and oxygen atoms in total. The number of methoxy groups -OCH3 is 1. The first-order valence-corrected chi connectivity index (χ1v) is 9.03. The molecule has 0 aliphatic heterocycles. The van der Waals surface area contributed by atoms with Crippen molar-refractivity contribution in [3.63, 3.8) is 0 Å². The Morgan fingerprint density at radius 2 is 2.04 bits per heavy atom. The number of phenols is 1. The third-order valence-corrected chi connectivity index (χ3v) is 4.64. The second-order valence-corrected chi connectivity index (χ2v) is 6.61. The molecule has 134 valence electrons. The van der Waals surface area contributed by atoms with Gasteiger partial charge in [0.05, 0.1) is 7.11 Å². The van der Waals surface area contributed by atoms with E-state index < -0.39 is 0 Å². The van der Waals surface area contributed by atoms with E-state index in [2.05, 4.69) is 29.5 Å². The van der Waals surface area contributed by atoms with Crippen molar-refractivity contribution in [1.29, 1.82) is 0 Å². The number of hydrogen-bond donors (Lipinski definition) is 3. The van der Waals surface area contributed by atoms with Crippen molar-refractivity contribution < 1.29 is 9.84 Å². The van der Waals surface area contributed by atoms with E-state index >= 15 is 0 Å². The lowest BCUT2D eigenvalue weighted by Gasteiger charge is -2.28. The van der Waals surface area contributed by atoms with Gasteiger partial charge in [-0.15, -0.1) is 0 Å². The van der Waals surface area contributed by atoms with Crippen LogP contribution in [-0.2, 0) is 6.42 Å². The molecule has 1 aliphatic carbocycles. The highest BCUT2D eigenvalue weighted by atomic mass is 16.5. The van der Waals surface area contributed by atoms with Gasteiger partial charge in [0.1, 0.15) is 11.5 Å². The summed E-state index contributed by atoms with van der Waals surface area (Å²) in [5.74, 6) is 2.66. The zero-order valence-electron chi connectivity index (χ0n) is 15.1. The lowest BCUT2D eigenvalue weighted by molar-refractivity contribution is 0.329. The quantitative estimate of drug-likeness (QED) is 0.553. The van der Waals surface area contributed by atoms with Crippen LogP contribution in [-0.4, -0.2) is 37.3 Å². The number of ether oxygens (including phenoxy) is 1. The van der Waals surface area contributed by atoms with Gasteiger partial charge in [-0.1, -0.05) is 13.0 Å².